The molecule has 23 heavy (non-hydrogen) atoms. The van der Waals surface area contributed by atoms with Crippen molar-refractivity contribution in [1.82, 2.24) is 0 Å². The molecular weight excluding hydrogens is 280 g/mol. The maximum atomic E-state index is 9.44. The maximum Gasteiger partial charge on any atom is 0.126 e. The fraction of sp³-hybridized carbons (Fsp3) is 0.682. The van der Waals surface area contributed by atoms with Gasteiger partial charge in [0.15, 0.2) is 0 Å². The third-order valence-corrected chi connectivity index (χ3v) is 3.06. The Labute approximate surface area is 147 Å². The molecule has 138 valence electrons. The van der Waals surface area contributed by atoms with Gasteiger partial charge >= 0.3 is 0 Å². The van der Waals surface area contributed by atoms with Crippen LogP contribution in [-0.4, -0.2) is 5.78 Å². The maximum absolute atomic E-state index is 9.44. The van der Waals surface area contributed by atoms with Crippen LogP contribution in [0.5, 0.6) is 0 Å². The third-order valence-electron chi connectivity index (χ3n) is 3.06. The van der Waals surface area contributed by atoms with Crippen LogP contribution in [0, 0.1) is 26.7 Å². The molecule has 0 amide bonds. The number of hydrogen-bond donors (Lipinski definition) is 0. The van der Waals surface area contributed by atoms with E-state index in [1.54, 1.807) is 0 Å². The first-order valence-electron chi connectivity index (χ1n) is 9.25. The molecule has 0 saturated heterocycles. The van der Waals surface area contributed by atoms with Crippen molar-refractivity contribution in [3.05, 3.63) is 34.9 Å². The number of Topliss-reactive ketones (excluding diaryl/α,β-unsaturated/α-hetero) is 1. The normalized spacial score (nSPS) is 8.04. The van der Waals surface area contributed by atoms with Gasteiger partial charge in [-0.05, 0) is 51.7 Å². The van der Waals surface area contributed by atoms with Gasteiger partial charge in [0.2, 0.25) is 0 Å². The first-order chi connectivity index (χ1) is 10.7. The molecule has 0 spiro atoms. The van der Waals surface area contributed by atoms with E-state index >= 15 is 0 Å². The average molecular weight is 325 g/mol. The topological polar surface area (TPSA) is 17.1 Å². The highest BCUT2D eigenvalue weighted by atomic mass is 16.1. The van der Waals surface area contributed by atoms with Crippen LogP contribution < -0.4 is 0 Å². The first kappa shape index (κ1) is 29.8. The summed E-state index contributed by atoms with van der Waals surface area (Å²) in [4.78, 5) is 9.44. The molecule has 0 aliphatic carbocycles. The molecule has 0 N–H and O–H groups in total. The first-order valence-corrected chi connectivity index (χ1v) is 9.25. The number of ketones is 1. The second-order valence-corrected chi connectivity index (χ2v) is 5.42. The molecule has 0 fully saturated rings. The lowest BCUT2D eigenvalue weighted by atomic mass is 10.1. The minimum atomic E-state index is 0.167. The monoisotopic (exact) mass is 324 g/mol. The second-order valence-electron chi connectivity index (χ2n) is 5.42. The largest absolute Gasteiger partial charge is 0.300 e. The standard InChI is InChI=1S/C9H12.C6H14.C3H6O.2C2H6/c1-7-4-5-8(2)9(3)6-7;1-4-6(3)5-2;1-3(2)4;2*1-2/h4-6H,1-3H3;6H,4-5H2,1-3H3;1-2H3;2*1-2H3. The van der Waals surface area contributed by atoms with E-state index in [0.717, 1.165) is 5.92 Å². The van der Waals surface area contributed by atoms with Gasteiger partial charge in [0, 0.05) is 0 Å². The summed E-state index contributed by atoms with van der Waals surface area (Å²) in [6.07, 6.45) is 2.66. The molecule has 0 atom stereocenters. The van der Waals surface area contributed by atoms with E-state index < -0.39 is 0 Å². The van der Waals surface area contributed by atoms with E-state index in [-0.39, 0.29) is 5.78 Å². The van der Waals surface area contributed by atoms with Crippen molar-refractivity contribution in [2.24, 2.45) is 5.92 Å². The van der Waals surface area contributed by atoms with Crippen molar-refractivity contribution in [2.75, 3.05) is 0 Å². The van der Waals surface area contributed by atoms with Gasteiger partial charge in [-0.2, -0.15) is 0 Å². The predicted octanol–water partition coefficient (Wildman–Crippen LogP) is 7.70. The van der Waals surface area contributed by atoms with Crippen molar-refractivity contribution < 1.29 is 4.79 Å². The molecule has 0 radical (unpaired) electrons. The van der Waals surface area contributed by atoms with E-state index in [1.807, 2.05) is 27.7 Å². The van der Waals surface area contributed by atoms with Gasteiger partial charge in [-0.15, -0.1) is 0 Å². The van der Waals surface area contributed by atoms with E-state index in [1.165, 1.54) is 43.4 Å². The summed E-state index contributed by atoms with van der Waals surface area (Å²) in [7, 11) is 0. The van der Waals surface area contributed by atoms with Crippen molar-refractivity contribution >= 4 is 5.78 Å². The highest BCUT2D eigenvalue weighted by molar-refractivity contribution is 5.72. The Morgan fingerprint density at radius 2 is 1.22 bits per heavy atom. The Bertz CT molecular complexity index is 345. The number of carbonyl (C=O) groups is 1. The quantitative estimate of drug-likeness (QED) is 0.544. The molecule has 0 bridgehead atoms. The van der Waals surface area contributed by atoms with Crippen LogP contribution in [0.2, 0.25) is 0 Å². The lowest BCUT2D eigenvalue weighted by Crippen LogP contribution is -1.85. The average Bonchev–Trinajstić information content (AvgIpc) is 2.54. The number of carbonyl (C=O) groups excluding carboxylic acids is 1. The summed E-state index contributed by atoms with van der Waals surface area (Å²) in [5.74, 6) is 1.10. The fourth-order valence-electron chi connectivity index (χ4n) is 1.18. The molecule has 0 aromatic heterocycles. The molecule has 1 rings (SSSR count). The second kappa shape index (κ2) is 23.2. The van der Waals surface area contributed by atoms with Gasteiger partial charge in [0.1, 0.15) is 5.78 Å². The van der Waals surface area contributed by atoms with Crippen molar-refractivity contribution in [3.63, 3.8) is 0 Å². The Morgan fingerprint density at radius 1 is 0.870 bits per heavy atom. The van der Waals surface area contributed by atoms with Crippen LogP contribution in [-0.2, 0) is 4.79 Å². The minimum absolute atomic E-state index is 0.167. The van der Waals surface area contributed by atoms with Gasteiger partial charge in [-0.1, -0.05) is 85.1 Å². The number of hydrogen-bond acceptors (Lipinski definition) is 1. The van der Waals surface area contributed by atoms with Crippen LogP contribution in [0.4, 0.5) is 0 Å². The molecule has 1 heteroatoms. The highest BCUT2D eigenvalue weighted by Crippen LogP contribution is 2.07. The Kier molecular flexibility index (Phi) is 30.1. The van der Waals surface area contributed by atoms with Crippen molar-refractivity contribution in [3.8, 4) is 0 Å². The number of benzene rings is 1. The van der Waals surface area contributed by atoms with Gasteiger partial charge < -0.3 is 4.79 Å². The Morgan fingerprint density at radius 3 is 1.39 bits per heavy atom. The predicted molar refractivity (Wildman–Crippen MR) is 109 cm³/mol. The summed E-state index contributed by atoms with van der Waals surface area (Å²) in [6, 6.07) is 6.50. The molecule has 0 saturated carbocycles. The SMILES string of the molecule is CC.CC.CC(C)=O.CCC(C)CC.Cc1ccc(C)c(C)c1. The summed E-state index contributed by atoms with van der Waals surface area (Å²) in [6.45, 7) is 24.2. The Balaban J connectivity index is -0.000000113. The third kappa shape index (κ3) is 29.5. The minimum Gasteiger partial charge on any atom is -0.300 e. The van der Waals surface area contributed by atoms with E-state index in [4.69, 9.17) is 0 Å². The van der Waals surface area contributed by atoms with Crippen molar-refractivity contribution in [1.29, 1.82) is 0 Å². The van der Waals surface area contributed by atoms with Crippen LogP contribution in [0.3, 0.4) is 0 Å². The summed E-state index contributed by atoms with van der Waals surface area (Å²) >= 11 is 0. The van der Waals surface area contributed by atoms with Crippen molar-refractivity contribution in [2.45, 2.75) is 95.9 Å². The van der Waals surface area contributed by atoms with Gasteiger partial charge in [-0.3, -0.25) is 0 Å². The molecule has 1 aromatic carbocycles. The summed E-state index contributed by atoms with van der Waals surface area (Å²) < 4.78 is 0. The van der Waals surface area contributed by atoms with Gasteiger partial charge in [-0.25, -0.2) is 0 Å². The molecule has 0 heterocycles. The molecule has 1 aromatic rings. The number of aryl methyl sites for hydroxylation is 3. The zero-order chi connectivity index (χ0) is 19.4. The van der Waals surface area contributed by atoms with E-state index in [2.05, 4.69) is 59.7 Å². The zero-order valence-electron chi connectivity index (χ0n) is 18.1. The lowest BCUT2D eigenvalue weighted by Gasteiger charge is -1.98. The van der Waals surface area contributed by atoms with Gasteiger partial charge in [0.25, 0.3) is 0 Å². The van der Waals surface area contributed by atoms with Crippen LogP contribution in [0.15, 0.2) is 18.2 Å². The molecule has 0 aliphatic rings. The Hall–Kier alpha value is -1.11. The smallest absolute Gasteiger partial charge is 0.126 e. The van der Waals surface area contributed by atoms with E-state index in [0.29, 0.717) is 0 Å². The van der Waals surface area contributed by atoms with E-state index in [9.17, 15) is 4.79 Å². The van der Waals surface area contributed by atoms with Gasteiger partial charge in [0.05, 0.1) is 0 Å². The van der Waals surface area contributed by atoms with Crippen LogP contribution >= 0.6 is 0 Å². The van der Waals surface area contributed by atoms with Crippen LogP contribution in [0.25, 0.3) is 0 Å². The fourth-order valence-corrected chi connectivity index (χ4v) is 1.18. The lowest BCUT2D eigenvalue weighted by molar-refractivity contribution is -0.114. The number of rotatable bonds is 2. The molecule has 0 unspecified atom stereocenters. The van der Waals surface area contributed by atoms with Crippen LogP contribution in [0.1, 0.15) is 91.8 Å². The summed E-state index contributed by atoms with van der Waals surface area (Å²) in [5, 5.41) is 0. The highest BCUT2D eigenvalue weighted by Gasteiger charge is 1.89. The molecular formula is C22H44O. The molecule has 0 aliphatic heterocycles. The molecule has 1 nitrogen and oxygen atoms in total. The zero-order valence-corrected chi connectivity index (χ0v) is 18.1. The summed E-state index contributed by atoms with van der Waals surface area (Å²) in [5.41, 5.74) is 4.11.